The third-order valence-electron chi connectivity index (χ3n) is 7.18. The molecule has 5 heteroatoms. The highest BCUT2D eigenvalue weighted by molar-refractivity contribution is 6.99. The maximum absolute atomic E-state index is 11.3. The summed E-state index contributed by atoms with van der Waals surface area (Å²) >= 11 is 0. The van der Waals surface area contributed by atoms with Gasteiger partial charge in [-0.3, -0.25) is 0 Å². The number of ether oxygens (including phenoxy) is 2. The second-order valence-electron chi connectivity index (χ2n) is 10.9. The fourth-order valence-corrected chi connectivity index (χ4v) is 9.70. The third-order valence-corrected chi connectivity index (χ3v) is 12.2. The zero-order valence-electron chi connectivity index (χ0n) is 22.4. The molecule has 0 bridgehead atoms. The molecule has 37 heavy (non-hydrogen) atoms. The zero-order valence-corrected chi connectivity index (χ0v) is 23.4. The van der Waals surface area contributed by atoms with Crippen molar-refractivity contribution in [1.82, 2.24) is 0 Å². The molecule has 0 amide bonds. The van der Waals surface area contributed by atoms with Crippen LogP contribution in [-0.4, -0.2) is 44.9 Å². The molecule has 0 aromatic heterocycles. The summed E-state index contributed by atoms with van der Waals surface area (Å²) in [5.74, 6) is 0.205. The molecule has 0 radical (unpaired) electrons. The van der Waals surface area contributed by atoms with Gasteiger partial charge >= 0.3 is 0 Å². The lowest BCUT2D eigenvalue weighted by atomic mass is 9.99. The van der Waals surface area contributed by atoms with Crippen LogP contribution in [0.3, 0.4) is 0 Å². The quantitative estimate of drug-likeness (QED) is 0.301. The summed E-state index contributed by atoms with van der Waals surface area (Å²) in [5.41, 5.74) is 1.14. The van der Waals surface area contributed by atoms with Gasteiger partial charge < -0.3 is 19.0 Å². The predicted octanol–water partition coefficient (Wildman–Crippen LogP) is 5.10. The van der Waals surface area contributed by atoms with E-state index in [0.717, 1.165) is 5.56 Å². The van der Waals surface area contributed by atoms with Gasteiger partial charge in [-0.2, -0.15) is 0 Å². The topological polar surface area (TPSA) is 47.9 Å². The largest absolute Gasteiger partial charge is 0.405 e. The summed E-state index contributed by atoms with van der Waals surface area (Å²) in [5, 5.41) is 13.5. The van der Waals surface area contributed by atoms with Crippen LogP contribution in [0.2, 0.25) is 5.04 Å². The van der Waals surface area contributed by atoms with Gasteiger partial charge in [-0.1, -0.05) is 131 Å². The molecule has 0 saturated carbocycles. The van der Waals surface area contributed by atoms with Crippen LogP contribution < -0.4 is 10.4 Å². The number of benzene rings is 3. The molecule has 4 nitrogen and oxygen atoms in total. The first-order valence-electron chi connectivity index (χ1n) is 13.2. The molecule has 1 N–H and O–H groups in total. The standard InChI is InChI=1S/C32H40O4Si/c1-25-20-21-30(36-31(25)24-34-22-26-14-8-5-9-15-26)29(33)23-35-37(32(2,3)4,27-16-10-6-11-17-27)28-18-12-7-13-19-28/h5-21,25,29-31,33H,22-24H2,1-4H3/t25-,29-,30-,31+/m1/s1. The van der Waals surface area contributed by atoms with Crippen molar-refractivity contribution < 1.29 is 19.0 Å². The van der Waals surface area contributed by atoms with Gasteiger partial charge in [0.15, 0.2) is 0 Å². The highest BCUT2D eigenvalue weighted by Gasteiger charge is 2.50. The Balaban J connectivity index is 1.48. The Hall–Kier alpha value is -2.54. The van der Waals surface area contributed by atoms with E-state index >= 15 is 0 Å². The maximum atomic E-state index is 11.3. The van der Waals surface area contributed by atoms with Crippen LogP contribution in [0.15, 0.2) is 103 Å². The molecule has 3 aromatic rings. The van der Waals surface area contributed by atoms with Gasteiger partial charge in [0.2, 0.25) is 0 Å². The highest BCUT2D eigenvalue weighted by Crippen LogP contribution is 2.37. The molecule has 1 heterocycles. The molecule has 196 valence electrons. The van der Waals surface area contributed by atoms with Gasteiger partial charge in [0.1, 0.15) is 12.2 Å². The van der Waals surface area contributed by atoms with Gasteiger partial charge in [0.05, 0.1) is 25.9 Å². The smallest absolute Gasteiger partial charge is 0.261 e. The van der Waals surface area contributed by atoms with Gasteiger partial charge in [-0.25, -0.2) is 0 Å². The van der Waals surface area contributed by atoms with E-state index in [1.165, 1.54) is 10.4 Å². The second kappa shape index (κ2) is 12.3. The summed E-state index contributed by atoms with van der Waals surface area (Å²) in [4.78, 5) is 0. The molecule has 4 rings (SSSR count). The van der Waals surface area contributed by atoms with Crippen LogP contribution in [0.25, 0.3) is 0 Å². The molecule has 0 saturated heterocycles. The number of aliphatic hydroxyl groups excluding tert-OH is 1. The normalized spacial score (nSPS) is 21.1. The molecule has 0 fully saturated rings. The van der Waals surface area contributed by atoms with Gasteiger partial charge in [0, 0.05) is 5.92 Å². The lowest BCUT2D eigenvalue weighted by Crippen LogP contribution is -2.67. The minimum Gasteiger partial charge on any atom is -0.405 e. The Morgan fingerprint density at radius 3 is 1.92 bits per heavy atom. The van der Waals surface area contributed by atoms with Crippen molar-refractivity contribution in [3.63, 3.8) is 0 Å². The first-order valence-corrected chi connectivity index (χ1v) is 15.1. The molecular weight excluding hydrogens is 476 g/mol. The van der Waals surface area contributed by atoms with Crippen LogP contribution in [0.1, 0.15) is 33.3 Å². The Morgan fingerprint density at radius 2 is 1.38 bits per heavy atom. The van der Waals surface area contributed by atoms with Crippen molar-refractivity contribution in [2.24, 2.45) is 5.92 Å². The Kier molecular flexibility index (Phi) is 9.16. The van der Waals surface area contributed by atoms with E-state index in [0.29, 0.717) is 13.2 Å². The average Bonchev–Trinajstić information content (AvgIpc) is 2.91. The number of aliphatic hydroxyl groups is 1. The summed E-state index contributed by atoms with van der Waals surface area (Å²) in [6.45, 7) is 10.0. The van der Waals surface area contributed by atoms with Crippen LogP contribution in [-0.2, 0) is 20.5 Å². The molecule has 1 aliphatic rings. The van der Waals surface area contributed by atoms with E-state index in [9.17, 15) is 5.11 Å². The van der Waals surface area contributed by atoms with Crippen LogP contribution in [0.4, 0.5) is 0 Å². The van der Waals surface area contributed by atoms with Crippen molar-refractivity contribution in [3.8, 4) is 0 Å². The minimum atomic E-state index is -2.73. The van der Waals surface area contributed by atoms with Crippen molar-refractivity contribution in [3.05, 3.63) is 109 Å². The second-order valence-corrected chi connectivity index (χ2v) is 15.2. The highest BCUT2D eigenvalue weighted by atomic mass is 28.4. The van der Waals surface area contributed by atoms with Crippen molar-refractivity contribution in [2.45, 2.75) is 57.7 Å². The molecule has 0 unspecified atom stereocenters. The number of hydrogen-bond donors (Lipinski definition) is 1. The number of hydrogen-bond acceptors (Lipinski definition) is 4. The Bertz CT molecular complexity index is 1070. The number of rotatable bonds is 10. The lowest BCUT2D eigenvalue weighted by Gasteiger charge is -2.44. The first kappa shape index (κ1) is 27.5. The van der Waals surface area contributed by atoms with E-state index in [2.05, 4.69) is 94.4 Å². The minimum absolute atomic E-state index is 0.124. The van der Waals surface area contributed by atoms with Gasteiger partial charge in [0.25, 0.3) is 8.32 Å². The predicted molar refractivity (Wildman–Crippen MR) is 153 cm³/mol. The lowest BCUT2D eigenvalue weighted by molar-refractivity contribution is -0.110. The Labute approximate surface area is 223 Å². The molecule has 0 spiro atoms. The Morgan fingerprint density at radius 1 is 0.838 bits per heavy atom. The molecular formula is C32H40O4Si. The molecule has 1 aliphatic heterocycles. The third kappa shape index (κ3) is 6.48. The summed E-state index contributed by atoms with van der Waals surface area (Å²) in [7, 11) is -2.73. The SMILES string of the molecule is C[C@@H]1C=C[C@H]([C@H](O)CO[Si](c2ccccc2)(c2ccccc2)C(C)(C)C)O[C@H]1COCc1ccccc1. The van der Waals surface area contributed by atoms with E-state index in [-0.39, 0.29) is 23.7 Å². The summed E-state index contributed by atoms with van der Waals surface area (Å²) in [6.07, 6.45) is 2.73. The molecule has 4 atom stereocenters. The van der Waals surface area contributed by atoms with E-state index < -0.39 is 20.5 Å². The van der Waals surface area contributed by atoms with Gasteiger partial charge in [-0.15, -0.1) is 0 Å². The van der Waals surface area contributed by atoms with E-state index in [1.54, 1.807) is 0 Å². The van der Waals surface area contributed by atoms with Crippen LogP contribution >= 0.6 is 0 Å². The van der Waals surface area contributed by atoms with Crippen LogP contribution in [0, 0.1) is 5.92 Å². The summed E-state index contributed by atoms with van der Waals surface area (Å²) < 4.78 is 19.2. The molecule has 3 aromatic carbocycles. The monoisotopic (exact) mass is 516 g/mol. The fourth-order valence-electron chi connectivity index (χ4n) is 5.12. The van der Waals surface area contributed by atoms with E-state index in [1.807, 2.05) is 36.4 Å². The van der Waals surface area contributed by atoms with Gasteiger partial charge in [-0.05, 0) is 21.0 Å². The maximum Gasteiger partial charge on any atom is 0.261 e. The molecule has 0 aliphatic carbocycles. The van der Waals surface area contributed by atoms with Crippen LogP contribution in [0.5, 0.6) is 0 Å². The van der Waals surface area contributed by atoms with Crippen molar-refractivity contribution in [1.29, 1.82) is 0 Å². The van der Waals surface area contributed by atoms with Crippen molar-refractivity contribution in [2.75, 3.05) is 13.2 Å². The summed E-state index contributed by atoms with van der Waals surface area (Å²) in [6, 6.07) is 31.1. The average molecular weight is 517 g/mol. The fraction of sp³-hybridized carbons (Fsp3) is 0.375. The van der Waals surface area contributed by atoms with Crippen molar-refractivity contribution >= 4 is 18.7 Å². The van der Waals surface area contributed by atoms with E-state index in [4.69, 9.17) is 13.9 Å². The first-order chi connectivity index (χ1) is 17.8. The zero-order chi connectivity index (χ0) is 26.3.